The summed E-state index contributed by atoms with van der Waals surface area (Å²) in [5, 5.41) is 1.86. The van der Waals surface area contributed by atoms with Crippen LogP contribution >= 0.6 is 0 Å². The Hall–Kier alpha value is -1.63. The molecule has 2 aromatic carbocycles. The molecule has 2 aliphatic rings. The third-order valence-corrected chi connectivity index (χ3v) is 8.49. The molecule has 2 saturated carbocycles. The molecule has 0 N–H and O–H groups in total. The van der Waals surface area contributed by atoms with E-state index in [1.165, 1.54) is 82.6 Å². The fourth-order valence-corrected chi connectivity index (χ4v) is 6.30. The quantitative estimate of drug-likeness (QED) is 0.373. The highest BCUT2D eigenvalue weighted by Gasteiger charge is 2.25. The van der Waals surface area contributed by atoms with Gasteiger partial charge in [-0.05, 0) is 85.1 Å². The number of aryl methyl sites for hydroxylation is 1. The lowest BCUT2D eigenvalue weighted by atomic mass is 9.74. The van der Waals surface area contributed by atoms with Gasteiger partial charge in [0, 0.05) is 5.39 Å². The van der Waals surface area contributed by atoms with Crippen LogP contribution in [0.1, 0.15) is 101 Å². The smallest absolute Gasteiger partial charge is 0.134 e. The van der Waals surface area contributed by atoms with Crippen LogP contribution in [0.2, 0.25) is 0 Å². The zero-order valence-electron chi connectivity index (χ0n) is 19.6. The lowest BCUT2D eigenvalue weighted by Gasteiger charge is -2.32. The molecule has 31 heavy (non-hydrogen) atoms. The second-order valence-electron chi connectivity index (χ2n) is 10.4. The minimum atomic E-state index is -0.0232. The number of allylic oxidation sites excluding steroid dienone is 1. The van der Waals surface area contributed by atoms with Crippen molar-refractivity contribution in [3.05, 3.63) is 59.9 Å². The van der Waals surface area contributed by atoms with Crippen LogP contribution in [-0.2, 0) is 6.42 Å². The Kier molecular flexibility index (Phi) is 7.86. The molecule has 168 valence electrons. The Bertz CT molecular complexity index is 850. The summed E-state index contributed by atoms with van der Waals surface area (Å²) in [7, 11) is 0. The van der Waals surface area contributed by atoms with Crippen LogP contribution in [-0.4, -0.2) is 0 Å². The summed E-state index contributed by atoms with van der Waals surface area (Å²) in [5.41, 5.74) is 2.25. The lowest BCUT2D eigenvalue weighted by molar-refractivity contribution is 0.225. The molecule has 0 heterocycles. The molecule has 2 fully saturated rings. The summed E-state index contributed by atoms with van der Waals surface area (Å²) in [6.45, 7) is 5.89. The van der Waals surface area contributed by atoms with E-state index in [1.54, 1.807) is 0 Å². The van der Waals surface area contributed by atoms with Crippen LogP contribution in [0.15, 0.2) is 43.0 Å². The predicted octanol–water partition coefficient (Wildman–Crippen LogP) is 9.37. The monoisotopic (exact) mass is 420 g/mol. The van der Waals surface area contributed by atoms with E-state index in [4.69, 9.17) is 0 Å². The lowest BCUT2D eigenvalue weighted by Crippen LogP contribution is -2.17. The third-order valence-electron chi connectivity index (χ3n) is 8.49. The average molecular weight is 421 g/mol. The highest BCUT2D eigenvalue weighted by atomic mass is 19.1. The maximum Gasteiger partial charge on any atom is 0.134 e. The molecule has 0 radical (unpaired) electrons. The molecule has 1 heteroatoms. The van der Waals surface area contributed by atoms with Crippen molar-refractivity contribution in [1.82, 2.24) is 0 Å². The SMILES string of the molecule is C=CCCC1CCC(CCC2CCC(c3ccc4c(F)c(CC)ccc4c3)CC2)CC1. The molecule has 4 rings (SSSR count). The summed E-state index contributed by atoms with van der Waals surface area (Å²) >= 11 is 0. The van der Waals surface area contributed by atoms with Gasteiger partial charge in [-0.25, -0.2) is 4.39 Å². The topological polar surface area (TPSA) is 0 Å². The van der Waals surface area contributed by atoms with Crippen molar-refractivity contribution in [3.8, 4) is 0 Å². The summed E-state index contributed by atoms with van der Waals surface area (Å²) in [5.74, 6) is 3.52. The van der Waals surface area contributed by atoms with E-state index in [0.717, 1.165) is 40.5 Å². The number of benzene rings is 2. The van der Waals surface area contributed by atoms with Gasteiger partial charge < -0.3 is 0 Å². The first-order chi connectivity index (χ1) is 15.2. The Morgan fingerprint density at radius 3 is 2.06 bits per heavy atom. The minimum absolute atomic E-state index is 0.0232. The molecule has 0 unspecified atom stereocenters. The first-order valence-corrected chi connectivity index (χ1v) is 13.0. The highest BCUT2D eigenvalue weighted by molar-refractivity contribution is 5.84. The van der Waals surface area contributed by atoms with Gasteiger partial charge in [-0.15, -0.1) is 6.58 Å². The molecule has 0 saturated heterocycles. The van der Waals surface area contributed by atoms with Gasteiger partial charge >= 0.3 is 0 Å². The van der Waals surface area contributed by atoms with Gasteiger partial charge in [0.1, 0.15) is 5.82 Å². The van der Waals surface area contributed by atoms with E-state index in [9.17, 15) is 4.39 Å². The van der Waals surface area contributed by atoms with Crippen molar-refractivity contribution >= 4 is 10.8 Å². The van der Waals surface area contributed by atoms with Gasteiger partial charge in [0.2, 0.25) is 0 Å². The summed E-state index contributed by atoms with van der Waals surface area (Å²) in [6, 6.07) is 10.6. The Balaban J connectivity index is 1.24. The van der Waals surface area contributed by atoms with E-state index >= 15 is 0 Å². The fraction of sp³-hybridized carbons (Fsp3) is 0.600. The van der Waals surface area contributed by atoms with Gasteiger partial charge in [-0.3, -0.25) is 0 Å². The second kappa shape index (κ2) is 10.8. The van der Waals surface area contributed by atoms with Crippen molar-refractivity contribution in [1.29, 1.82) is 0 Å². The molecule has 0 aliphatic heterocycles. The summed E-state index contributed by atoms with van der Waals surface area (Å²) in [6.07, 6.45) is 19.5. The molecule has 0 atom stereocenters. The highest BCUT2D eigenvalue weighted by Crippen LogP contribution is 2.41. The third kappa shape index (κ3) is 5.60. The first kappa shape index (κ1) is 22.6. The average Bonchev–Trinajstić information content (AvgIpc) is 2.82. The van der Waals surface area contributed by atoms with Crippen molar-refractivity contribution in [2.45, 2.75) is 96.3 Å². The van der Waals surface area contributed by atoms with E-state index in [-0.39, 0.29) is 5.82 Å². The molecule has 0 amide bonds. The predicted molar refractivity (Wildman–Crippen MR) is 132 cm³/mol. The Morgan fingerprint density at radius 2 is 1.45 bits per heavy atom. The normalized spacial score (nSPS) is 26.8. The standard InChI is InChI=1S/C30H41F/c1-3-5-6-22-7-9-23(10-8-22)11-12-24-13-15-26(16-14-24)27-19-20-29-28(21-27)18-17-25(4-2)30(29)31/h3,17-24,26H,1,4-16H2,2H3. The summed E-state index contributed by atoms with van der Waals surface area (Å²) < 4.78 is 14.6. The van der Waals surface area contributed by atoms with Crippen molar-refractivity contribution in [3.63, 3.8) is 0 Å². The molecule has 0 nitrogen and oxygen atoms in total. The van der Waals surface area contributed by atoms with Gasteiger partial charge in [0.05, 0.1) is 0 Å². The number of fused-ring (bicyclic) bond motifs is 1. The largest absolute Gasteiger partial charge is 0.206 e. The molecular weight excluding hydrogens is 379 g/mol. The molecule has 0 spiro atoms. The maximum absolute atomic E-state index is 14.6. The minimum Gasteiger partial charge on any atom is -0.206 e. The van der Waals surface area contributed by atoms with Crippen LogP contribution in [0.5, 0.6) is 0 Å². The van der Waals surface area contributed by atoms with E-state index in [0.29, 0.717) is 5.92 Å². The Labute approximate surface area is 189 Å². The number of hydrogen-bond acceptors (Lipinski definition) is 0. The number of rotatable bonds is 8. The Morgan fingerprint density at radius 1 is 0.839 bits per heavy atom. The van der Waals surface area contributed by atoms with Crippen LogP contribution < -0.4 is 0 Å². The molecule has 0 bridgehead atoms. The van der Waals surface area contributed by atoms with Crippen molar-refractivity contribution in [2.75, 3.05) is 0 Å². The van der Waals surface area contributed by atoms with Crippen LogP contribution in [0, 0.1) is 23.6 Å². The zero-order valence-corrected chi connectivity index (χ0v) is 19.6. The number of halogens is 1. The van der Waals surface area contributed by atoms with E-state index in [1.807, 2.05) is 19.1 Å². The second-order valence-corrected chi connectivity index (χ2v) is 10.4. The maximum atomic E-state index is 14.6. The van der Waals surface area contributed by atoms with Crippen LogP contribution in [0.4, 0.5) is 4.39 Å². The van der Waals surface area contributed by atoms with Gasteiger partial charge in [-0.1, -0.05) is 81.9 Å². The van der Waals surface area contributed by atoms with E-state index in [2.05, 4.69) is 30.9 Å². The molecule has 0 aromatic heterocycles. The van der Waals surface area contributed by atoms with Crippen molar-refractivity contribution < 1.29 is 4.39 Å². The zero-order chi connectivity index (χ0) is 21.6. The molecule has 2 aromatic rings. The van der Waals surface area contributed by atoms with Crippen LogP contribution in [0.3, 0.4) is 0 Å². The van der Waals surface area contributed by atoms with Crippen molar-refractivity contribution in [2.24, 2.45) is 17.8 Å². The van der Waals surface area contributed by atoms with Gasteiger partial charge in [0.15, 0.2) is 0 Å². The van der Waals surface area contributed by atoms with E-state index < -0.39 is 0 Å². The fourth-order valence-electron chi connectivity index (χ4n) is 6.30. The van der Waals surface area contributed by atoms with Gasteiger partial charge in [0.25, 0.3) is 0 Å². The molecular formula is C30H41F. The van der Waals surface area contributed by atoms with Gasteiger partial charge in [-0.2, -0.15) is 0 Å². The molecule has 2 aliphatic carbocycles. The number of hydrogen-bond donors (Lipinski definition) is 0. The first-order valence-electron chi connectivity index (χ1n) is 13.0. The summed E-state index contributed by atoms with van der Waals surface area (Å²) in [4.78, 5) is 0. The van der Waals surface area contributed by atoms with Crippen LogP contribution in [0.25, 0.3) is 10.8 Å².